The molecule has 0 spiro atoms. The summed E-state index contributed by atoms with van der Waals surface area (Å²) in [5.41, 5.74) is 0.739. The minimum absolute atomic E-state index is 0.0695. The van der Waals surface area contributed by atoms with E-state index in [0.29, 0.717) is 24.4 Å². The first kappa shape index (κ1) is 25.4. The number of thiophene rings is 1. The average molecular weight is 483 g/mol. The largest absolute Gasteiger partial charge is 0.497 e. The third kappa shape index (κ3) is 6.67. The maximum Gasteiger partial charge on any atom is 0.254 e. The highest BCUT2D eigenvalue weighted by Crippen LogP contribution is 2.22. The molecular weight excluding hydrogens is 451 g/mol. The number of methoxy groups -OCH3 is 1. The van der Waals surface area contributed by atoms with Crippen molar-refractivity contribution in [2.45, 2.75) is 46.3 Å². The number of rotatable bonds is 8. The fraction of sp³-hybridized carbons (Fsp3) is 0.333. The van der Waals surface area contributed by atoms with Gasteiger partial charge in [-0.3, -0.25) is 9.59 Å². The number of aryl methyl sites for hydroxylation is 1. The molecule has 3 aromatic rings. The molecule has 3 rings (SSSR count). The lowest BCUT2D eigenvalue weighted by Gasteiger charge is -2.37. The molecule has 0 saturated carbocycles. The van der Waals surface area contributed by atoms with Crippen molar-refractivity contribution in [1.82, 2.24) is 9.80 Å². The van der Waals surface area contributed by atoms with Crippen LogP contribution in [0.4, 0.5) is 4.39 Å². The lowest BCUT2D eigenvalue weighted by atomic mass is 10.0. The number of benzene rings is 2. The van der Waals surface area contributed by atoms with Crippen LogP contribution < -0.4 is 4.74 Å². The van der Waals surface area contributed by atoms with Crippen molar-refractivity contribution in [2.24, 2.45) is 0 Å². The molecule has 0 aliphatic rings. The average Bonchev–Trinajstić information content (AvgIpc) is 3.21. The summed E-state index contributed by atoms with van der Waals surface area (Å²) in [4.78, 5) is 32.5. The number of ether oxygens (including phenoxy) is 1. The Balaban J connectivity index is 1.85. The normalized spacial score (nSPS) is 11.2. The van der Waals surface area contributed by atoms with Crippen LogP contribution in [0.2, 0.25) is 0 Å². The Kier molecular flexibility index (Phi) is 8.10. The summed E-state index contributed by atoms with van der Waals surface area (Å²) < 4.78 is 18.6. The topological polar surface area (TPSA) is 49.9 Å². The Hall–Kier alpha value is -3.19. The van der Waals surface area contributed by atoms with Crippen LogP contribution in [0, 0.1) is 12.7 Å². The van der Waals surface area contributed by atoms with Crippen molar-refractivity contribution in [3.05, 3.63) is 87.4 Å². The van der Waals surface area contributed by atoms with Gasteiger partial charge in [-0.15, -0.1) is 11.3 Å². The van der Waals surface area contributed by atoms with Crippen LogP contribution in [-0.2, 0) is 17.9 Å². The molecule has 0 unspecified atom stereocenters. The van der Waals surface area contributed by atoms with E-state index in [1.165, 1.54) is 12.1 Å². The second kappa shape index (κ2) is 10.8. The van der Waals surface area contributed by atoms with Crippen molar-refractivity contribution in [2.75, 3.05) is 13.7 Å². The first-order valence-electron chi connectivity index (χ1n) is 11.1. The van der Waals surface area contributed by atoms with E-state index in [0.717, 1.165) is 15.3 Å². The van der Waals surface area contributed by atoms with Gasteiger partial charge in [0.2, 0.25) is 5.91 Å². The predicted molar refractivity (Wildman–Crippen MR) is 133 cm³/mol. The van der Waals surface area contributed by atoms with Gasteiger partial charge in [-0.25, -0.2) is 4.39 Å². The summed E-state index contributed by atoms with van der Waals surface area (Å²) >= 11 is 1.63. The summed E-state index contributed by atoms with van der Waals surface area (Å²) in [7, 11) is 1.57. The highest BCUT2D eigenvalue weighted by atomic mass is 32.1. The van der Waals surface area contributed by atoms with E-state index in [9.17, 15) is 14.0 Å². The molecule has 34 heavy (non-hydrogen) atoms. The molecule has 0 bridgehead atoms. The van der Waals surface area contributed by atoms with E-state index in [-0.39, 0.29) is 24.2 Å². The van der Waals surface area contributed by atoms with E-state index in [1.54, 1.807) is 64.6 Å². The van der Waals surface area contributed by atoms with Crippen molar-refractivity contribution < 1.29 is 18.7 Å². The summed E-state index contributed by atoms with van der Waals surface area (Å²) in [6, 6.07) is 17.0. The molecule has 1 aromatic heterocycles. The van der Waals surface area contributed by atoms with Crippen LogP contribution in [0.5, 0.6) is 5.75 Å². The van der Waals surface area contributed by atoms with E-state index in [1.807, 2.05) is 39.8 Å². The van der Waals surface area contributed by atoms with Crippen LogP contribution in [-0.4, -0.2) is 40.8 Å². The standard InChI is InChI=1S/C27H31FN2O3S/c1-19-6-15-24(34-19)17-29(16-20-7-11-22(28)12-8-20)25(31)18-30(27(2,3)4)26(32)21-9-13-23(33-5)14-10-21/h6-15H,16-18H2,1-5H3. The summed E-state index contributed by atoms with van der Waals surface area (Å²) in [5.74, 6) is -0.0597. The number of nitrogens with zero attached hydrogens (tertiary/aromatic N) is 2. The third-order valence-electron chi connectivity index (χ3n) is 5.47. The number of hydrogen-bond acceptors (Lipinski definition) is 4. The van der Waals surface area contributed by atoms with Crippen LogP contribution in [0.1, 0.15) is 46.4 Å². The number of carbonyl (C=O) groups is 2. The van der Waals surface area contributed by atoms with Crippen LogP contribution >= 0.6 is 11.3 Å². The zero-order valence-electron chi connectivity index (χ0n) is 20.3. The van der Waals surface area contributed by atoms with Crippen LogP contribution in [0.25, 0.3) is 0 Å². The molecule has 1 heterocycles. The van der Waals surface area contributed by atoms with Gasteiger partial charge < -0.3 is 14.5 Å². The van der Waals surface area contributed by atoms with Crippen LogP contribution in [0.15, 0.2) is 60.7 Å². The fourth-order valence-electron chi connectivity index (χ4n) is 3.54. The number of hydrogen-bond donors (Lipinski definition) is 0. The quantitative estimate of drug-likeness (QED) is 0.415. The minimum Gasteiger partial charge on any atom is -0.497 e. The van der Waals surface area contributed by atoms with Gasteiger partial charge in [0.05, 0.1) is 13.7 Å². The Morgan fingerprint density at radius 2 is 1.59 bits per heavy atom. The van der Waals surface area contributed by atoms with E-state index in [4.69, 9.17) is 4.74 Å². The smallest absolute Gasteiger partial charge is 0.254 e. The lowest BCUT2D eigenvalue weighted by Crippen LogP contribution is -2.51. The molecule has 0 aliphatic carbocycles. The second-order valence-corrected chi connectivity index (χ2v) is 10.6. The molecule has 2 aromatic carbocycles. The van der Waals surface area contributed by atoms with Gasteiger partial charge in [-0.05, 0) is 81.8 Å². The van der Waals surface area contributed by atoms with E-state index >= 15 is 0 Å². The molecule has 0 N–H and O–H groups in total. The first-order valence-corrected chi connectivity index (χ1v) is 11.9. The van der Waals surface area contributed by atoms with Gasteiger partial charge in [0.15, 0.2) is 0 Å². The van der Waals surface area contributed by atoms with Crippen molar-refractivity contribution >= 4 is 23.2 Å². The third-order valence-corrected chi connectivity index (χ3v) is 6.45. The van der Waals surface area contributed by atoms with Gasteiger partial charge in [0.1, 0.15) is 18.1 Å². The highest BCUT2D eigenvalue weighted by Gasteiger charge is 2.31. The predicted octanol–water partition coefficient (Wildman–Crippen LogP) is 5.67. The molecule has 0 saturated heterocycles. The van der Waals surface area contributed by atoms with Crippen LogP contribution in [0.3, 0.4) is 0 Å². The summed E-state index contributed by atoms with van der Waals surface area (Å²) in [5, 5.41) is 0. The fourth-order valence-corrected chi connectivity index (χ4v) is 4.45. The first-order chi connectivity index (χ1) is 16.1. The maximum atomic E-state index is 13.6. The molecular formula is C27H31FN2O3S. The highest BCUT2D eigenvalue weighted by molar-refractivity contribution is 7.11. The van der Waals surface area contributed by atoms with Gasteiger partial charge in [0, 0.05) is 27.4 Å². The number of halogens is 1. The Morgan fingerprint density at radius 3 is 2.12 bits per heavy atom. The lowest BCUT2D eigenvalue weighted by molar-refractivity contribution is -0.134. The molecule has 0 atom stereocenters. The number of amides is 2. The SMILES string of the molecule is COc1ccc(C(=O)N(CC(=O)N(Cc2ccc(F)cc2)Cc2ccc(C)s2)C(C)(C)C)cc1. The molecule has 7 heteroatoms. The van der Waals surface area contributed by atoms with Crippen molar-refractivity contribution in [3.8, 4) is 5.75 Å². The van der Waals surface area contributed by atoms with Gasteiger partial charge in [-0.2, -0.15) is 0 Å². The molecule has 0 fully saturated rings. The van der Waals surface area contributed by atoms with Gasteiger partial charge in [-0.1, -0.05) is 12.1 Å². The van der Waals surface area contributed by atoms with E-state index in [2.05, 4.69) is 0 Å². The van der Waals surface area contributed by atoms with Gasteiger partial charge >= 0.3 is 0 Å². The van der Waals surface area contributed by atoms with E-state index < -0.39 is 5.54 Å². The Morgan fingerprint density at radius 1 is 0.941 bits per heavy atom. The second-order valence-electron chi connectivity index (χ2n) is 9.18. The van der Waals surface area contributed by atoms with Crippen molar-refractivity contribution in [1.29, 1.82) is 0 Å². The van der Waals surface area contributed by atoms with Gasteiger partial charge in [0.25, 0.3) is 5.91 Å². The zero-order chi connectivity index (χ0) is 24.9. The summed E-state index contributed by atoms with van der Waals surface area (Å²) in [6.45, 7) is 8.43. The molecule has 0 radical (unpaired) electrons. The monoisotopic (exact) mass is 482 g/mol. The summed E-state index contributed by atoms with van der Waals surface area (Å²) in [6.07, 6.45) is 0. The minimum atomic E-state index is -0.576. The zero-order valence-corrected chi connectivity index (χ0v) is 21.1. The molecule has 2 amide bonds. The van der Waals surface area contributed by atoms with Crippen molar-refractivity contribution in [3.63, 3.8) is 0 Å². The Labute approximate surface area is 204 Å². The maximum absolute atomic E-state index is 13.6. The molecule has 5 nitrogen and oxygen atoms in total. The Bertz CT molecular complexity index is 1120. The molecule has 180 valence electrons. The number of carbonyl (C=O) groups excluding carboxylic acids is 2. The molecule has 0 aliphatic heterocycles.